The predicted molar refractivity (Wildman–Crippen MR) is 59.0 cm³/mol. The zero-order valence-electron chi connectivity index (χ0n) is 9.71. The van der Waals surface area contributed by atoms with Crippen LogP contribution in [0.1, 0.15) is 13.8 Å². The third-order valence-electron chi connectivity index (χ3n) is 2.75. The predicted octanol–water partition coefficient (Wildman–Crippen LogP) is 0.561. The van der Waals surface area contributed by atoms with E-state index in [1.165, 1.54) is 11.8 Å². The van der Waals surface area contributed by atoms with E-state index >= 15 is 0 Å². The van der Waals surface area contributed by atoms with Gasteiger partial charge >= 0.3 is 0 Å². The van der Waals surface area contributed by atoms with Gasteiger partial charge in [0.05, 0.1) is 12.5 Å². The van der Waals surface area contributed by atoms with Gasteiger partial charge in [-0.25, -0.2) is 0 Å². The van der Waals surface area contributed by atoms with Crippen LogP contribution in [0.5, 0.6) is 0 Å². The molecule has 5 nitrogen and oxygen atoms in total. The van der Waals surface area contributed by atoms with E-state index in [4.69, 9.17) is 24.1 Å². The smallest absolute Gasteiger partial charge is 0.164 e. The summed E-state index contributed by atoms with van der Waals surface area (Å²) in [5.74, 6) is -0.583. The maximum atomic E-state index is 8.93. The minimum Gasteiger partial charge on any atom is -0.386 e. The maximum Gasteiger partial charge on any atom is 0.164 e. The molecule has 2 rings (SSSR count). The number of fused-ring (bicyclic) bond motifs is 1. The third kappa shape index (κ3) is 2.37. The first-order chi connectivity index (χ1) is 7.57. The Kier molecular flexibility index (Phi) is 3.78. The molecule has 2 heterocycles. The number of methoxy groups -OCH3 is 1. The molecule has 2 aliphatic heterocycles. The molecule has 4 atom stereocenters. The second-order valence-corrected chi connectivity index (χ2v) is 5.39. The highest BCUT2D eigenvalue weighted by atomic mass is 32.2. The zero-order chi connectivity index (χ0) is 11.8. The number of aliphatic hydroxyl groups is 1. The van der Waals surface area contributed by atoms with Crippen molar-refractivity contribution < 1.29 is 24.1 Å². The lowest BCUT2D eigenvalue weighted by Gasteiger charge is -2.36. The van der Waals surface area contributed by atoms with Crippen molar-refractivity contribution in [3.8, 4) is 0 Å². The maximum absolute atomic E-state index is 8.93. The first-order valence-electron chi connectivity index (χ1n) is 5.30. The largest absolute Gasteiger partial charge is 0.386 e. The Morgan fingerprint density at radius 3 is 2.81 bits per heavy atom. The molecule has 0 aromatic heterocycles. The molecule has 2 fully saturated rings. The number of hydrogen-bond acceptors (Lipinski definition) is 6. The molecule has 1 unspecified atom stereocenters. The molecule has 94 valence electrons. The van der Waals surface area contributed by atoms with Crippen LogP contribution in [0.25, 0.3) is 0 Å². The summed E-state index contributed by atoms with van der Waals surface area (Å²) in [7, 11) is 1.62. The molecule has 1 N–H and O–H groups in total. The van der Waals surface area contributed by atoms with Gasteiger partial charge in [-0.05, 0) is 13.8 Å². The number of hydrogen-bond donors (Lipinski definition) is 1. The lowest BCUT2D eigenvalue weighted by Crippen LogP contribution is -2.51. The average molecular weight is 250 g/mol. The fourth-order valence-corrected chi connectivity index (χ4v) is 2.95. The lowest BCUT2D eigenvalue weighted by atomic mass is 10.1. The number of rotatable bonds is 3. The van der Waals surface area contributed by atoms with Gasteiger partial charge in [-0.1, -0.05) is 11.8 Å². The van der Waals surface area contributed by atoms with Crippen molar-refractivity contribution in [2.45, 2.75) is 43.4 Å². The van der Waals surface area contributed by atoms with Gasteiger partial charge in [-0.3, -0.25) is 0 Å². The van der Waals surface area contributed by atoms with Crippen LogP contribution in [0.2, 0.25) is 0 Å². The molecule has 0 amide bonds. The molecule has 0 aromatic rings. The molecule has 0 spiro atoms. The zero-order valence-corrected chi connectivity index (χ0v) is 10.5. The molecule has 0 bridgehead atoms. The van der Waals surface area contributed by atoms with E-state index in [0.29, 0.717) is 6.61 Å². The van der Waals surface area contributed by atoms with Gasteiger partial charge in [-0.15, -0.1) is 0 Å². The molecule has 16 heavy (non-hydrogen) atoms. The summed E-state index contributed by atoms with van der Waals surface area (Å²) in [4.78, 5) is 0. The summed E-state index contributed by atoms with van der Waals surface area (Å²) in [6.07, 6.45) is -0.425. The van der Waals surface area contributed by atoms with Crippen LogP contribution in [-0.2, 0) is 18.9 Å². The molecule has 6 heteroatoms. The Morgan fingerprint density at radius 1 is 1.44 bits per heavy atom. The van der Waals surface area contributed by atoms with Crippen molar-refractivity contribution in [3.05, 3.63) is 0 Å². The topological polar surface area (TPSA) is 57.2 Å². The summed E-state index contributed by atoms with van der Waals surface area (Å²) in [5.41, 5.74) is -0.200. The van der Waals surface area contributed by atoms with E-state index in [2.05, 4.69) is 0 Å². The fourth-order valence-electron chi connectivity index (χ4n) is 2.17. The van der Waals surface area contributed by atoms with Crippen LogP contribution in [0.15, 0.2) is 0 Å². The minimum atomic E-state index is -0.589. The van der Waals surface area contributed by atoms with E-state index in [-0.39, 0.29) is 29.7 Å². The van der Waals surface area contributed by atoms with E-state index in [0.717, 1.165) is 0 Å². The van der Waals surface area contributed by atoms with Gasteiger partial charge in [0, 0.05) is 7.11 Å². The van der Waals surface area contributed by atoms with Gasteiger partial charge in [0.25, 0.3) is 0 Å². The highest BCUT2D eigenvalue weighted by Crippen LogP contribution is 2.37. The highest BCUT2D eigenvalue weighted by Gasteiger charge is 2.51. The van der Waals surface area contributed by atoms with Crippen molar-refractivity contribution in [1.29, 1.82) is 0 Å². The van der Waals surface area contributed by atoms with Gasteiger partial charge in [0.2, 0.25) is 0 Å². The number of thioether (sulfide) groups is 1. The van der Waals surface area contributed by atoms with Crippen LogP contribution >= 0.6 is 11.8 Å². The SMILES string of the molecule is CO[C@H]1C(SCO)OC[C@@H]2OC(C)(C)O[C@@H]21. The minimum absolute atomic E-state index is 0.00611. The number of ether oxygens (including phenoxy) is 4. The average Bonchev–Trinajstić information content (AvgIpc) is 2.52. The van der Waals surface area contributed by atoms with E-state index in [1.807, 2.05) is 13.8 Å². The second kappa shape index (κ2) is 4.80. The van der Waals surface area contributed by atoms with Crippen LogP contribution in [0, 0.1) is 0 Å². The molecule has 2 saturated heterocycles. The van der Waals surface area contributed by atoms with Crippen molar-refractivity contribution in [2.24, 2.45) is 0 Å². The van der Waals surface area contributed by atoms with Crippen LogP contribution < -0.4 is 0 Å². The monoisotopic (exact) mass is 250 g/mol. The summed E-state index contributed by atoms with van der Waals surface area (Å²) < 4.78 is 22.5. The van der Waals surface area contributed by atoms with Crippen molar-refractivity contribution in [1.82, 2.24) is 0 Å². The molecule has 0 aliphatic carbocycles. The summed E-state index contributed by atoms with van der Waals surface area (Å²) in [6, 6.07) is 0. The summed E-state index contributed by atoms with van der Waals surface area (Å²) in [6.45, 7) is 4.24. The van der Waals surface area contributed by atoms with Gasteiger partial charge in [0.1, 0.15) is 23.7 Å². The van der Waals surface area contributed by atoms with Crippen molar-refractivity contribution in [2.75, 3.05) is 19.7 Å². The summed E-state index contributed by atoms with van der Waals surface area (Å²) >= 11 is 1.31. The first-order valence-corrected chi connectivity index (χ1v) is 6.35. The Hall–Kier alpha value is 0.150. The molecule has 2 aliphatic rings. The van der Waals surface area contributed by atoms with Gasteiger partial charge in [0.15, 0.2) is 5.79 Å². The Bertz CT molecular complexity index is 247. The van der Waals surface area contributed by atoms with Crippen molar-refractivity contribution in [3.63, 3.8) is 0 Å². The van der Waals surface area contributed by atoms with E-state index in [1.54, 1.807) is 7.11 Å². The molecular formula is C10H18O5S. The normalized spacial score (nSPS) is 42.0. The highest BCUT2D eigenvalue weighted by molar-refractivity contribution is 7.99. The van der Waals surface area contributed by atoms with Crippen LogP contribution in [-0.4, -0.2) is 54.3 Å². The van der Waals surface area contributed by atoms with Crippen LogP contribution in [0.4, 0.5) is 0 Å². The lowest BCUT2D eigenvalue weighted by molar-refractivity contribution is -0.157. The summed E-state index contributed by atoms with van der Waals surface area (Å²) in [5, 5.41) is 8.93. The molecular weight excluding hydrogens is 232 g/mol. The fraction of sp³-hybridized carbons (Fsp3) is 1.00. The second-order valence-electron chi connectivity index (χ2n) is 4.34. The third-order valence-corrected chi connectivity index (χ3v) is 3.63. The Balaban J connectivity index is 2.07. The Labute approximate surface area is 99.4 Å². The van der Waals surface area contributed by atoms with Gasteiger partial charge < -0.3 is 24.1 Å². The quantitative estimate of drug-likeness (QED) is 0.739. The van der Waals surface area contributed by atoms with Crippen LogP contribution in [0.3, 0.4) is 0 Å². The van der Waals surface area contributed by atoms with E-state index in [9.17, 15) is 0 Å². The van der Waals surface area contributed by atoms with Gasteiger partial charge in [-0.2, -0.15) is 0 Å². The standard InChI is InChI=1S/C10H18O5S/c1-10(2)14-6-4-13-9(16-5-11)8(12-3)7(6)15-10/h6-9,11H,4-5H2,1-3H3/t6-,7-,8+,9?/m0/s1. The van der Waals surface area contributed by atoms with E-state index < -0.39 is 5.79 Å². The molecule has 0 radical (unpaired) electrons. The first kappa shape index (κ1) is 12.6. The Morgan fingerprint density at radius 2 is 2.19 bits per heavy atom. The molecule has 0 saturated carbocycles. The van der Waals surface area contributed by atoms with Crippen molar-refractivity contribution >= 4 is 11.8 Å². The molecule has 0 aromatic carbocycles. The number of aliphatic hydroxyl groups excluding tert-OH is 1.